The fraction of sp³-hybridized carbons (Fsp3) is 0.0625. The summed E-state index contributed by atoms with van der Waals surface area (Å²) in [6, 6.07) is 10.1. The van der Waals surface area contributed by atoms with Gasteiger partial charge in [0.1, 0.15) is 11.7 Å². The summed E-state index contributed by atoms with van der Waals surface area (Å²) < 4.78 is 0. The number of amides is 1. The van der Waals surface area contributed by atoms with Gasteiger partial charge in [0.25, 0.3) is 0 Å². The minimum Gasteiger partial charge on any atom is -0.478 e. The summed E-state index contributed by atoms with van der Waals surface area (Å²) in [7, 11) is 0. The van der Waals surface area contributed by atoms with E-state index in [1.54, 1.807) is 24.3 Å². The molecule has 1 unspecified atom stereocenters. The third kappa shape index (κ3) is 2.78. The van der Waals surface area contributed by atoms with Crippen LogP contribution in [-0.4, -0.2) is 28.2 Å². The van der Waals surface area contributed by atoms with Gasteiger partial charge in [0.2, 0.25) is 5.91 Å². The maximum absolute atomic E-state index is 12.0. The highest BCUT2D eigenvalue weighted by Crippen LogP contribution is 2.30. The molecule has 0 aliphatic carbocycles. The number of fused-ring (bicyclic) bond motifs is 1. The maximum atomic E-state index is 12.0. The van der Waals surface area contributed by atoms with E-state index in [9.17, 15) is 9.59 Å². The Kier molecular flexibility index (Phi) is 3.57. The minimum absolute atomic E-state index is 0.00475. The van der Waals surface area contributed by atoms with Crippen LogP contribution in [0.2, 0.25) is 0 Å². The molecule has 0 spiro atoms. The molecule has 2 N–H and O–H groups in total. The van der Waals surface area contributed by atoms with E-state index in [1.165, 1.54) is 18.5 Å². The molecule has 2 aromatic rings. The number of aliphatic imine (C=N–C) groups is 1. The summed E-state index contributed by atoms with van der Waals surface area (Å²) in [5.41, 5.74) is 1.47. The molecule has 1 aliphatic heterocycles. The molecule has 7 heteroatoms. The van der Waals surface area contributed by atoms with Gasteiger partial charge in [-0.1, -0.05) is 6.07 Å². The van der Waals surface area contributed by atoms with Crippen LogP contribution in [0.25, 0.3) is 0 Å². The number of aromatic carboxylic acids is 1. The molecule has 23 heavy (non-hydrogen) atoms. The van der Waals surface area contributed by atoms with Gasteiger partial charge >= 0.3 is 5.97 Å². The van der Waals surface area contributed by atoms with E-state index >= 15 is 0 Å². The van der Waals surface area contributed by atoms with Crippen LogP contribution in [0.3, 0.4) is 0 Å². The van der Waals surface area contributed by atoms with E-state index in [0.29, 0.717) is 22.6 Å². The second kappa shape index (κ2) is 5.69. The standard InChI is InChI=1S/C16H10N4O3/c17-6-9-2-1-3-11(4-9)18-8-13-12-5-10(16(22)23)7-19-14(12)20-15(13)21/h1-5,7-8,13H,(H,22,23)(H,19,20,21). The lowest BCUT2D eigenvalue weighted by Crippen LogP contribution is -2.13. The molecule has 0 bridgehead atoms. The summed E-state index contributed by atoms with van der Waals surface area (Å²) in [6.07, 6.45) is 2.61. The maximum Gasteiger partial charge on any atom is 0.337 e. The van der Waals surface area contributed by atoms with Crippen LogP contribution in [0.15, 0.2) is 41.5 Å². The molecule has 1 amide bonds. The highest BCUT2D eigenvalue weighted by atomic mass is 16.4. The SMILES string of the molecule is N#Cc1cccc(N=CC2C(=O)Nc3ncc(C(=O)O)cc32)c1. The number of nitrogens with one attached hydrogen (secondary N) is 1. The third-order valence-electron chi connectivity index (χ3n) is 3.37. The molecule has 2 heterocycles. The predicted octanol–water partition coefficient (Wildman–Crippen LogP) is 2.09. The van der Waals surface area contributed by atoms with Crippen molar-refractivity contribution in [3.05, 3.63) is 53.2 Å². The Balaban J connectivity index is 1.94. The second-order valence-corrected chi connectivity index (χ2v) is 4.87. The van der Waals surface area contributed by atoms with Crippen LogP contribution >= 0.6 is 0 Å². The van der Waals surface area contributed by atoms with Crippen LogP contribution < -0.4 is 5.32 Å². The lowest BCUT2D eigenvalue weighted by molar-refractivity contribution is -0.115. The van der Waals surface area contributed by atoms with Gasteiger partial charge in [-0.2, -0.15) is 5.26 Å². The van der Waals surface area contributed by atoms with Gasteiger partial charge in [-0.3, -0.25) is 9.79 Å². The van der Waals surface area contributed by atoms with E-state index < -0.39 is 11.9 Å². The van der Waals surface area contributed by atoms with E-state index in [2.05, 4.69) is 15.3 Å². The van der Waals surface area contributed by atoms with Crippen molar-refractivity contribution in [2.24, 2.45) is 4.99 Å². The monoisotopic (exact) mass is 306 g/mol. The lowest BCUT2D eigenvalue weighted by atomic mass is 10.0. The van der Waals surface area contributed by atoms with E-state index in [1.807, 2.05) is 6.07 Å². The molecule has 0 saturated carbocycles. The quantitative estimate of drug-likeness (QED) is 0.842. The number of carbonyl (C=O) groups excluding carboxylic acids is 1. The predicted molar refractivity (Wildman–Crippen MR) is 81.9 cm³/mol. The Morgan fingerprint density at radius 1 is 1.43 bits per heavy atom. The third-order valence-corrected chi connectivity index (χ3v) is 3.37. The van der Waals surface area contributed by atoms with Gasteiger partial charge in [0.15, 0.2) is 0 Å². The van der Waals surface area contributed by atoms with Crippen molar-refractivity contribution in [1.29, 1.82) is 5.26 Å². The van der Waals surface area contributed by atoms with Crippen LogP contribution in [-0.2, 0) is 4.79 Å². The number of pyridine rings is 1. The smallest absolute Gasteiger partial charge is 0.337 e. The van der Waals surface area contributed by atoms with Crippen LogP contribution in [0.5, 0.6) is 0 Å². The number of carbonyl (C=O) groups is 2. The van der Waals surface area contributed by atoms with Gasteiger partial charge in [0.05, 0.1) is 22.9 Å². The molecule has 0 fully saturated rings. The molecule has 3 rings (SSSR count). The first-order valence-corrected chi connectivity index (χ1v) is 6.67. The molecular weight excluding hydrogens is 296 g/mol. The lowest BCUT2D eigenvalue weighted by Gasteiger charge is -2.03. The van der Waals surface area contributed by atoms with Gasteiger partial charge in [-0.25, -0.2) is 9.78 Å². The zero-order chi connectivity index (χ0) is 16.4. The van der Waals surface area contributed by atoms with Crippen molar-refractivity contribution in [2.45, 2.75) is 5.92 Å². The van der Waals surface area contributed by atoms with Gasteiger partial charge in [0, 0.05) is 18.0 Å². The first kappa shape index (κ1) is 14.4. The van der Waals surface area contributed by atoms with Crippen molar-refractivity contribution in [3.63, 3.8) is 0 Å². The summed E-state index contributed by atoms with van der Waals surface area (Å²) in [5.74, 6) is -1.82. The zero-order valence-corrected chi connectivity index (χ0v) is 11.7. The molecule has 112 valence electrons. The number of nitrogens with zero attached hydrogens (tertiary/aromatic N) is 3. The van der Waals surface area contributed by atoms with E-state index in [4.69, 9.17) is 10.4 Å². The van der Waals surface area contributed by atoms with Gasteiger partial charge < -0.3 is 10.4 Å². The van der Waals surface area contributed by atoms with E-state index in [0.717, 1.165) is 0 Å². The van der Waals surface area contributed by atoms with E-state index in [-0.39, 0.29) is 11.5 Å². The number of carboxylic acids is 1. The first-order valence-electron chi connectivity index (χ1n) is 6.67. The molecule has 1 aliphatic rings. The summed E-state index contributed by atoms with van der Waals surface area (Å²) in [5, 5.41) is 20.5. The Hall–Kier alpha value is -3.53. The zero-order valence-electron chi connectivity index (χ0n) is 11.7. The van der Waals surface area contributed by atoms with Crippen molar-refractivity contribution in [1.82, 2.24) is 4.98 Å². The Morgan fingerprint density at radius 2 is 2.26 bits per heavy atom. The van der Waals surface area contributed by atoms with Crippen molar-refractivity contribution in [3.8, 4) is 6.07 Å². The average molecular weight is 306 g/mol. The Morgan fingerprint density at radius 3 is 3.00 bits per heavy atom. The minimum atomic E-state index is -1.11. The van der Waals surface area contributed by atoms with Crippen molar-refractivity contribution in [2.75, 3.05) is 5.32 Å². The molecule has 0 saturated heterocycles. The normalized spacial score (nSPS) is 16.0. The number of hydrogen-bond donors (Lipinski definition) is 2. The highest BCUT2D eigenvalue weighted by Gasteiger charge is 2.31. The van der Waals surface area contributed by atoms with Crippen LogP contribution in [0, 0.1) is 11.3 Å². The van der Waals surface area contributed by atoms with Gasteiger partial charge in [-0.05, 0) is 24.3 Å². The fourth-order valence-corrected chi connectivity index (χ4v) is 2.24. The number of anilines is 1. The largest absolute Gasteiger partial charge is 0.478 e. The van der Waals surface area contributed by atoms with Crippen molar-refractivity contribution < 1.29 is 14.7 Å². The summed E-state index contributed by atoms with van der Waals surface area (Å²) in [4.78, 5) is 31.2. The first-order chi connectivity index (χ1) is 11.1. The molecule has 1 atom stereocenters. The fourth-order valence-electron chi connectivity index (χ4n) is 2.24. The number of carboxylic acid groups (broad SMARTS) is 1. The van der Waals surface area contributed by atoms with Crippen LogP contribution in [0.1, 0.15) is 27.4 Å². The number of benzene rings is 1. The van der Waals surface area contributed by atoms with Gasteiger partial charge in [-0.15, -0.1) is 0 Å². The second-order valence-electron chi connectivity index (χ2n) is 4.87. The molecule has 1 aromatic carbocycles. The van der Waals surface area contributed by atoms with Crippen molar-refractivity contribution >= 4 is 29.6 Å². The topological polar surface area (TPSA) is 115 Å². The highest BCUT2D eigenvalue weighted by molar-refractivity contribution is 6.12. The number of hydrogen-bond acceptors (Lipinski definition) is 5. The average Bonchev–Trinajstić information content (AvgIpc) is 2.87. The number of aromatic nitrogens is 1. The number of rotatable bonds is 3. The Bertz CT molecular complexity index is 883. The summed E-state index contributed by atoms with van der Waals surface area (Å²) in [6.45, 7) is 0. The molecule has 1 aromatic heterocycles. The molecule has 7 nitrogen and oxygen atoms in total. The molecule has 0 radical (unpaired) electrons. The van der Waals surface area contributed by atoms with Crippen LogP contribution in [0.4, 0.5) is 11.5 Å². The Labute approximate surface area is 130 Å². The summed E-state index contributed by atoms with van der Waals surface area (Å²) >= 11 is 0. The number of nitriles is 1. The molecular formula is C16H10N4O3.